The standard InChI is InChI=1S/C15H20N4O3/c1-10-15(21)19(12-4-2-3-5-13(12)22-10)7-6-14(20)18-11-8-16-17-9-11/h2-5,10-11,16-17H,6-9H2,1H3,(H,18,20). The molecule has 0 spiro atoms. The summed E-state index contributed by atoms with van der Waals surface area (Å²) in [5.41, 5.74) is 6.65. The van der Waals surface area contributed by atoms with Crippen molar-refractivity contribution in [1.82, 2.24) is 16.2 Å². The number of hydrazine groups is 1. The van der Waals surface area contributed by atoms with Crippen molar-refractivity contribution in [1.29, 1.82) is 0 Å². The number of fused-ring (bicyclic) bond motifs is 1. The van der Waals surface area contributed by atoms with Gasteiger partial charge in [0, 0.05) is 26.1 Å². The van der Waals surface area contributed by atoms with Gasteiger partial charge >= 0.3 is 0 Å². The third-order valence-corrected chi connectivity index (χ3v) is 3.82. The molecule has 2 aliphatic heterocycles. The lowest BCUT2D eigenvalue weighted by atomic mass is 10.1. The molecule has 1 saturated heterocycles. The van der Waals surface area contributed by atoms with Crippen molar-refractivity contribution in [2.45, 2.75) is 25.5 Å². The van der Waals surface area contributed by atoms with Gasteiger partial charge in [0.25, 0.3) is 5.91 Å². The molecule has 118 valence electrons. The van der Waals surface area contributed by atoms with Crippen LogP contribution >= 0.6 is 0 Å². The van der Waals surface area contributed by atoms with Crippen LogP contribution in [0.1, 0.15) is 13.3 Å². The molecule has 7 heteroatoms. The first kappa shape index (κ1) is 14.8. The zero-order valence-corrected chi connectivity index (χ0v) is 12.5. The molecule has 2 amide bonds. The van der Waals surface area contributed by atoms with Crippen LogP contribution in [0.3, 0.4) is 0 Å². The zero-order valence-electron chi connectivity index (χ0n) is 12.5. The second-order valence-electron chi connectivity index (χ2n) is 5.49. The average molecular weight is 304 g/mol. The number of amides is 2. The topological polar surface area (TPSA) is 82.7 Å². The predicted molar refractivity (Wildman–Crippen MR) is 81.4 cm³/mol. The van der Waals surface area contributed by atoms with E-state index in [2.05, 4.69) is 16.2 Å². The summed E-state index contributed by atoms with van der Waals surface area (Å²) in [5, 5.41) is 2.94. The molecule has 0 aromatic heterocycles. The summed E-state index contributed by atoms with van der Waals surface area (Å²) in [5.74, 6) is 0.509. The molecular formula is C15H20N4O3. The van der Waals surface area contributed by atoms with Gasteiger partial charge in [0.1, 0.15) is 5.75 Å². The van der Waals surface area contributed by atoms with Gasteiger partial charge < -0.3 is 15.0 Å². The number of nitrogens with zero attached hydrogens (tertiary/aromatic N) is 1. The smallest absolute Gasteiger partial charge is 0.267 e. The van der Waals surface area contributed by atoms with Crippen molar-refractivity contribution < 1.29 is 14.3 Å². The zero-order chi connectivity index (χ0) is 15.5. The lowest BCUT2D eigenvalue weighted by Gasteiger charge is -2.32. The molecule has 3 rings (SSSR count). The van der Waals surface area contributed by atoms with E-state index in [4.69, 9.17) is 4.74 Å². The van der Waals surface area contributed by atoms with Gasteiger partial charge in [0.15, 0.2) is 6.10 Å². The number of anilines is 1. The minimum absolute atomic E-state index is 0.0556. The number of carbonyl (C=O) groups is 2. The number of hydrogen-bond acceptors (Lipinski definition) is 5. The minimum atomic E-state index is -0.527. The number of ether oxygens (including phenoxy) is 1. The monoisotopic (exact) mass is 304 g/mol. The summed E-state index contributed by atoms with van der Waals surface area (Å²) in [6.45, 7) is 3.49. The summed E-state index contributed by atoms with van der Waals surface area (Å²) < 4.78 is 5.58. The second kappa shape index (κ2) is 6.33. The average Bonchev–Trinajstić information content (AvgIpc) is 3.00. The Morgan fingerprint density at radius 2 is 2.09 bits per heavy atom. The summed E-state index contributed by atoms with van der Waals surface area (Å²) in [6.07, 6.45) is -0.260. The highest BCUT2D eigenvalue weighted by molar-refractivity contribution is 6.00. The Labute approximate surface area is 129 Å². The molecule has 1 atom stereocenters. The molecule has 3 N–H and O–H groups in total. The Kier molecular flexibility index (Phi) is 4.26. The van der Waals surface area contributed by atoms with Gasteiger partial charge in [-0.3, -0.25) is 20.4 Å². The van der Waals surface area contributed by atoms with Crippen molar-refractivity contribution in [2.75, 3.05) is 24.5 Å². The summed E-state index contributed by atoms with van der Waals surface area (Å²) in [7, 11) is 0. The Balaban J connectivity index is 1.63. The third-order valence-electron chi connectivity index (χ3n) is 3.82. The highest BCUT2D eigenvalue weighted by Gasteiger charge is 2.31. The van der Waals surface area contributed by atoms with Crippen molar-refractivity contribution in [3.8, 4) is 5.75 Å². The fourth-order valence-electron chi connectivity index (χ4n) is 2.67. The van der Waals surface area contributed by atoms with Crippen LogP contribution in [0.5, 0.6) is 5.75 Å². The lowest BCUT2D eigenvalue weighted by molar-refractivity contribution is -0.125. The van der Waals surface area contributed by atoms with Gasteiger partial charge in [0.2, 0.25) is 5.91 Å². The van der Waals surface area contributed by atoms with Crippen LogP contribution in [0.25, 0.3) is 0 Å². The van der Waals surface area contributed by atoms with E-state index in [-0.39, 0.29) is 24.3 Å². The molecule has 0 saturated carbocycles. The van der Waals surface area contributed by atoms with Crippen LogP contribution in [0.2, 0.25) is 0 Å². The quantitative estimate of drug-likeness (QED) is 0.716. The highest BCUT2D eigenvalue weighted by Crippen LogP contribution is 2.33. The van der Waals surface area contributed by atoms with Crippen LogP contribution < -0.4 is 25.8 Å². The molecule has 0 bridgehead atoms. The van der Waals surface area contributed by atoms with Gasteiger partial charge in [-0.15, -0.1) is 0 Å². The molecule has 0 aliphatic carbocycles. The molecule has 0 radical (unpaired) electrons. The van der Waals surface area contributed by atoms with Crippen LogP contribution in [0.15, 0.2) is 24.3 Å². The molecule has 2 heterocycles. The fourth-order valence-corrected chi connectivity index (χ4v) is 2.67. The maximum atomic E-state index is 12.3. The lowest BCUT2D eigenvalue weighted by Crippen LogP contribution is -2.46. The van der Waals surface area contributed by atoms with Gasteiger partial charge in [-0.25, -0.2) is 0 Å². The first-order valence-corrected chi connectivity index (χ1v) is 7.47. The summed E-state index contributed by atoms with van der Waals surface area (Å²) in [4.78, 5) is 25.9. The molecule has 22 heavy (non-hydrogen) atoms. The van der Waals surface area contributed by atoms with Crippen molar-refractivity contribution >= 4 is 17.5 Å². The van der Waals surface area contributed by atoms with Crippen molar-refractivity contribution in [2.24, 2.45) is 0 Å². The van der Waals surface area contributed by atoms with E-state index in [1.54, 1.807) is 11.8 Å². The Hall–Kier alpha value is -2.12. The number of rotatable bonds is 4. The van der Waals surface area contributed by atoms with Gasteiger partial charge in [-0.05, 0) is 19.1 Å². The van der Waals surface area contributed by atoms with Crippen LogP contribution in [0, 0.1) is 0 Å². The van der Waals surface area contributed by atoms with Crippen molar-refractivity contribution in [3.63, 3.8) is 0 Å². The van der Waals surface area contributed by atoms with Crippen LogP contribution in [-0.2, 0) is 9.59 Å². The van der Waals surface area contributed by atoms with E-state index in [9.17, 15) is 9.59 Å². The van der Waals surface area contributed by atoms with E-state index in [0.717, 1.165) is 5.69 Å². The number of para-hydroxylation sites is 2. The summed E-state index contributed by atoms with van der Waals surface area (Å²) >= 11 is 0. The first-order valence-electron chi connectivity index (χ1n) is 7.47. The van der Waals surface area contributed by atoms with Gasteiger partial charge in [0.05, 0.1) is 11.7 Å². The van der Waals surface area contributed by atoms with E-state index in [1.807, 2.05) is 24.3 Å². The number of benzene rings is 1. The van der Waals surface area contributed by atoms with Crippen LogP contribution in [0.4, 0.5) is 5.69 Å². The SMILES string of the molecule is CC1Oc2ccccc2N(CCC(=O)NC2CNNC2)C1=O. The minimum Gasteiger partial charge on any atom is -0.479 e. The van der Waals surface area contributed by atoms with E-state index in [1.165, 1.54) is 0 Å². The maximum Gasteiger partial charge on any atom is 0.267 e. The number of carbonyl (C=O) groups excluding carboxylic acids is 2. The van der Waals surface area contributed by atoms with Crippen molar-refractivity contribution in [3.05, 3.63) is 24.3 Å². The summed E-state index contributed by atoms with van der Waals surface area (Å²) in [6, 6.07) is 7.49. The van der Waals surface area contributed by atoms with E-state index >= 15 is 0 Å². The molecule has 1 unspecified atom stereocenters. The largest absolute Gasteiger partial charge is 0.479 e. The van der Waals surface area contributed by atoms with E-state index in [0.29, 0.717) is 25.4 Å². The molecule has 1 aromatic carbocycles. The second-order valence-corrected chi connectivity index (χ2v) is 5.49. The number of hydrogen-bond donors (Lipinski definition) is 3. The first-order chi connectivity index (χ1) is 10.6. The Morgan fingerprint density at radius 1 is 1.36 bits per heavy atom. The van der Waals surface area contributed by atoms with Gasteiger partial charge in [-0.1, -0.05) is 12.1 Å². The third kappa shape index (κ3) is 3.05. The Morgan fingerprint density at radius 3 is 2.86 bits per heavy atom. The maximum absolute atomic E-state index is 12.3. The normalized spacial score (nSPS) is 21.4. The highest BCUT2D eigenvalue weighted by atomic mass is 16.5. The van der Waals surface area contributed by atoms with E-state index < -0.39 is 6.10 Å². The molecule has 2 aliphatic rings. The van der Waals surface area contributed by atoms with Gasteiger partial charge in [-0.2, -0.15) is 0 Å². The molecule has 1 aromatic rings. The molecule has 7 nitrogen and oxygen atoms in total. The molecular weight excluding hydrogens is 284 g/mol. The predicted octanol–water partition coefficient (Wildman–Crippen LogP) is -0.217. The molecule has 1 fully saturated rings. The van der Waals surface area contributed by atoms with Crippen LogP contribution in [-0.4, -0.2) is 43.6 Å². The number of nitrogens with one attached hydrogen (secondary N) is 3. The Bertz CT molecular complexity index is 572. The fraction of sp³-hybridized carbons (Fsp3) is 0.467.